The molecular weight excluding hydrogens is 244 g/mol. The summed E-state index contributed by atoms with van der Waals surface area (Å²) in [7, 11) is 3.11. The zero-order chi connectivity index (χ0) is 14.0. The van der Waals surface area contributed by atoms with Gasteiger partial charge in [-0.15, -0.1) is 0 Å². The average molecular weight is 262 g/mol. The normalized spacial score (nSPS) is 11.0. The molecule has 1 aromatic carbocycles. The molecule has 1 heterocycles. The molecule has 0 N–H and O–H groups in total. The van der Waals surface area contributed by atoms with Gasteiger partial charge in [-0.25, -0.2) is 4.98 Å². The summed E-state index contributed by atoms with van der Waals surface area (Å²) in [6.07, 6.45) is 1.58. The minimum Gasteiger partial charge on any atom is -0.493 e. The van der Waals surface area contributed by atoms with Crippen LogP contribution in [0.1, 0.15) is 13.8 Å². The Bertz CT molecular complexity index is 647. The summed E-state index contributed by atoms with van der Waals surface area (Å²) in [5.41, 5.74) is 0.558. The van der Waals surface area contributed by atoms with Crippen LogP contribution in [-0.4, -0.2) is 23.8 Å². The molecule has 0 atom stereocenters. The van der Waals surface area contributed by atoms with Gasteiger partial charge in [-0.2, -0.15) is 0 Å². The summed E-state index contributed by atoms with van der Waals surface area (Å²) in [5.74, 6) is 1.50. The third-order valence-electron chi connectivity index (χ3n) is 2.89. The van der Waals surface area contributed by atoms with Crippen LogP contribution in [-0.2, 0) is 6.54 Å². The van der Waals surface area contributed by atoms with Gasteiger partial charge in [-0.05, 0) is 12.0 Å². The van der Waals surface area contributed by atoms with E-state index in [2.05, 4.69) is 18.8 Å². The molecule has 0 saturated heterocycles. The van der Waals surface area contributed by atoms with Gasteiger partial charge >= 0.3 is 0 Å². The number of rotatable bonds is 4. The van der Waals surface area contributed by atoms with Crippen molar-refractivity contribution in [1.29, 1.82) is 0 Å². The van der Waals surface area contributed by atoms with Gasteiger partial charge in [-0.1, -0.05) is 13.8 Å². The first-order valence-corrected chi connectivity index (χ1v) is 6.18. The number of benzene rings is 1. The van der Waals surface area contributed by atoms with Crippen LogP contribution in [0, 0.1) is 5.92 Å². The number of methoxy groups -OCH3 is 2. The summed E-state index contributed by atoms with van der Waals surface area (Å²) in [4.78, 5) is 16.7. The Labute approximate surface area is 111 Å². The Morgan fingerprint density at radius 1 is 1.21 bits per heavy atom. The van der Waals surface area contributed by atoms with E-state index in [-0.39, 0.29) is 5.56 Å². The van der Waals surface area contributed by atoms with E-state index >= 15 is 0 Å². The molecule has 5 nitrogen and oxygen atoms in total. The molecule has 0 aliphatic rings. The summed E-state index contributed by atoms with van der Waals surface area (Å²) < 4.78 is 12.0. The molecule has 0 aliphatic carbocycles. The molecule has 2 aromatic rings. The van der Waals surface area contributed by atoms with Crippen molar-refractivity contribution in [3.63, 3.8) is 0 Å². The fourth-order valence-corrected chi connectivity index (χ4v) is 2.01. The third kappa shape index (κ3) is 2.54. The topological polar surface area (TPSA) is 53.4 Å². The van der Waals surface area contributed by atoms with Crippen molar-refractivity contribution in [3.05, 3.63) is 28.8 Å². The average Bonchev–Trinajstić information content (AvgIpc) is 2.40. The Hall–Kier alpha value is -2.04. The van der Waals surface area contributed by atoms with E-state index in [9.17, 15) is 4.79 Å². The van der Waals surface area contributed by atoms with Crippen molar-refractivity contribution in [3.8, 4) is 11.5 Å². The van der Waals surface area contributed by atoms with Crippen LogP contribution < -0.4 is 15.0 Å². The molecular formula is C14H18N2O3. The largest absolute Gasteiger partial charge is 0.493 e. The molecule has 1 aromatic heterocycles. The minimum absolute atomic E-state index is 0.0559. The van der Waals surface area contributed by atoms with E-state index in [0.29, 0.717) is 34.9 Å². The second-order valence-electron chi connectivity index (χ2n) is 4.82. The summed E-state index contributed by atoms with van der Waals surface area (Å²) in [6.45, 7) is 4.77. The van der Waals surface area contributed by atoms with Crippen LogP contribution in [0.2, 0.25) is 0 Å². The number of fused-ring (bicyclic) bond motifs is 1. The van der Waals surface area contributed by atoms with Gasteiger partial charge in [0.2, 0.25) is 0 Å². The molecule has 0 amide bonds. The first kappa shape index (κ1) is 13.4. The highest BCUT2D eigenvalue weighted by atomic mass is 16.5. The highest BCUT2D eigenvalue weighted by Gasteiger charge is 2.11. The van der Waals surface area contributed by atoms with Gasteiger partial charge < -0.3 is 9.47 Å². The molecule has 19 heavy (non-hydrogen) atoms. The molecule has 5 heteroatoms. The highest BCUT2D eigenvalue weighted by Crippen LogP contribution is 2.29. The van der Waals surface area contributed by atoms with E-state index < -0.39 is 0 Å². The Morgan fingerprint density at radius 2 is 1.84 bits per heavy atom. The van der Waals surface area contributed by atoms with Crippen LogP contribution in [0.15, 0.2) is 23.3 Å². The molecule has 0 unspecified atom stereocenters. The molecule has 102 valence electrons. The van der Waals surface area contributed by atoms with Crippen LogP contribution in [0.5, 0.6) is 11.5 Å². The van der Waals surface area contributed by atoms with Crippen molar-refractivity contribution in [1.82, 2.24) is 9.55 Å². The highest BCUT2D eigenvalue weighted by molar-refractivity contribution is 5.81. The maximum absolute atomic E-state index is 12.4. The third-order valence-corrected chi connectivity index (χ3v) is 2.89. The van der Waals surface area contributed by atoms with Crippen LogP contribution in [0.25, 0.3) is 10.9 Å². The fraction of sp³-hybridized carbons (Fsp3) is 0.429. The van der Waals surface area contributed by atoms with Gasteiger partial charge in [0.25, 0.3) is 5.56 Å². The van der Waals surface area contributed by atoms with Crippen molar-refractivity contribution in [2.75, 3.05) is 14.2 Å². The Morgan fingerprint density at radius 3 is 2.42 bits per heavy atom. The number of aromatic nitrogens is 2. The lowest BCUT2D eigenvalue weighted by molar-refractivity contribution is 0.355. The first-order valence-electron chi connectivity index (χ1n) is 6.18. The molecule has 0 saturated carbocycles. The number of ether oxygens (including phenoxy) is 2. The van der Waals surface area contributed by atoms with Crippen LogP contribution in [0.4, 0.5) is 0 Å². The van der Waals surface area contributed by atoms with E-state index in [0.717, 1.165) is 0 Å². The Balaban J connectivity index is 2.65. The fourth-order valence-electron chi connectivity index (χ4n) is 2.01. The van der Waals surface area contributed by atoms with E-state index in [1.807, 2.05) is 0 Å². The molecule has 0 aliphatic heterocycles. The van der Waals surface area contributed by atoms with Crippen molar-refractivity contribution >= 4 is 10.9 Å². The summed E-state index contributed by atoms with van der Waals surface area (Å²) in [5, 5.41) is 0.542. The zero-order valence-electron chi connectivity index (χ0n) is 11.6. The van der Waals surface area contributed by atoms with E-state index in [1.54, 1.807) is 37.2 Å². The second-order valence-corrected chi connectivity index (χ2v) is 4.82. The number of nitrogens with zero attached hydrogens (tertiary/aromatic N) is 2. The van der Waals surface area contributed by atoms with Gasteiger partial charge in [0.05, 0.1) is 31.4 Å². The zero-order valence-corrected chi connectivity index (χ0v) is 11.6. The predicted octanol–water partition coefficient (Wildman–Crippen LogP) is 2.07. The molecule has 0 spiro atoms. The first-order chi connectivity index (χ1) is 9.06. The summed E-state index contributed by atoms with van der Waals surface area (Å²) in [6, 6.07) is 3.40. The lowest BCUT2D eigenvalue weighted by atomic mass is 10.2. The Kier molecular flexibility index (Phi) is 3.74. The van der Waals surface area contributed by atoms with Gasteiger partial charge in [0.15, 0.2) is 11.5 Å². The van der Waals surface area contributed by atoms with Crippen LogP contribution >= 0.6 is 0 Å². The van der Waals surface area contributed by atoms with E-state index in [4.69, 9.17) is 9.47 Å². The lowest BCUT2D eigenvalue weighted by Gasteiger charge is -2.11. The molecule has 0 radical (unpaired) electrons. The molecule has 2 rings (SSSR count). The van der Waals surface area contributed by atoms with Crippen LogP contribution in [0.3, 0.4) is 0 Å². The standard InChI is InChI=1S/C14H18N2O3/c1-9(2)7-16-8-15-11-6-13(19-4)12(18-3)5-10(11)14(16)17/h5-6,8-9H,7H2,1-4H3. The summed E-state index contributed by atoms with van der Waals surface area (Å²) >= 11 is 0. The molecule has 0 bridgehead atoms. The van der Waals surface area contributed by atoms with Gasteiger partial charge in [-0.3, -0.25) is 9.36 Å². The second kappa shape index (κ2) is 5.30. The van der Waals surface area contributed by atoms with E-state index in [1.165, 1.54) is 0 Å². The minimum atomic E-state index is -0.0559. The monoisotopic (exact) mass is 262 g/mol. The quantitative estimate of drug-likeness (QED) is 0.846. The van der Waals surface area contributed by atoms with Gasteiger partial charge in [0, 0.05) is 12.6 Å². The maximum atomic E-state index is 12.4. The lowest BCUT2D eigenvalue weighted by Crippen LogP contribution is -2.22. The number of hydrogen-bond donors (Lipinski definition) is 0. The predicted molar refractivity (Wildman–Crippen MR) is 73.9 cm³/mol. The van der Waals surface area contributed by atoms with Crippen molar-refractivity contribution in [2.45, 2.75) is 20.4 Å². The van der Waals surface area contributed by atoms with Crippen molar-refractivity contribution in [2.24, 2.45) is 5.92 Å². The smallest absolute Gasteiger partial charge is 0.261 e. The SMILES string of the molecule is COc1cc2ncn(CC(C)C)c(=O)c2cc1OC. The maximum Gasteiger partial charge on any atom is 0.261 e. The molecule has 0 fully saturated rings. The number of hydrogen-bond acceptors (Lipinski definition) is 4. The van der Waals surface area contributed by atoms with Crippen molar-refractivity contribution < 1.29 is 9.47 Å². The van der Waals surface area contributed by atoms with Gasteiger partial charge in [0.1, 0.15) is 0 Å².